The van der Waals surface area contributed by atoms with Crippen LogP contribution in [0.4, 0.5) is 0 Å². The number of carbonyl (C=O) groups excluding carboxylic acids is 4. The molecule has 166 valence electrons. The van der Waals surface area contributed by atoms with Gasteiger partial charge in [-0.2, -0.15) is 0 Å². The Balaban J connectivity index is 1.50. The summed E-state index contributed by atoms with van der Waals surface area (Å²) in [5, 5.41) is 5.24. The summed E-state index contributed by atoms with van der Waals surface area (Å²) in [7, 11) is 0. The predicted octanol–water partition coefficient (Wildman–Crippen LogP) is 2.63. The third-order valence-electron chi connectivity index (χ3n) is 6.37. The maximum absolute atomic E-state index is 13.0. The van der Waals surface area contributed by atoms with Gasteiger partial charge in [0.05, 0.1) is 12.0 Å². The molecule has 0 bridgehead atoms. The Hall–Kier alpha value is -2.93. The summed E-state index contributed by atoms with van der Waals surface area (Å²) in [6.07, 6.45) is 1.47. The fourth-order valence-corrected chi connectivity index (χ4v) is 6.42. The van der Waals surface area contributed by atoms with Gasteiger partial charge < -0.3 is 5.32 Å². The molecule has 0 aromatic heterocycles. The molecule has 0 spiro atoms. The van der Waals surface area contributed by atoms with E-state index in [0.717, 1.165) is 11.1 Å². The van der Waals surface area contributed by atoms with E-state index in [0.29, 0.717) is 19.3 Å². The van der Waals surface area contributed by atoms with Gasteiger partial charge in [0.2, 0.25) is 17.7 Å². The second-order valence-corrected chi connectivity index (χ2v) is 9.68. The summed E-state index contributed by atoms with van der Waals surface area (Å²) >= 11 is 1.33. The van der Waals surface area contributed by atoms with Crippen LogP contribution in [0.3, 0.4) is 0 Å². The lowest BCUT2D eigenvalue weighted by Gasteiger charge is -2.48. The Morgan fingerprint density at radius 3 is 2.34 bits per heavy atom. The van der Waals surface area contributed by atoms with E-state index in [1.807, 2.05) is 60.7 Å². The number of aryl methyl sites for hydroxylation is 1. The van der Waals surface area contributed by atoms with Crippen LogP contribution >= 0.6 is 11.8 Å². The van der Waals surface area contributed by atoms with E-state index in [4.69, 9.17) is 0 Å². The number of hydrogen-bond acceptors (Lipinski definition) is 5. The molecular formula is C25H26N2O4S. The van der Waals surface area contributed by atoms with Crippen molar-refractivity contribution in [2.24, 2.45) is 5.92 Å². The number of ketones is 1. The highest BCUT2D eigenvalue weighted by Gasteiger charge is 2.68. The van der Waals surface area contributed by atoms with Crippen molar-refractivity contribution in [1.82, 2.24) is 10.6 Å². The number of imide groups is 1. The van der Waals surface area contributed by atoms with E-state index in [1.54, 1.807) is 0 Å². The largest absolute Gasteiger partial charge is 0.346 e. The van der Waals surface area contributed by atoms with Crippen molar-refractivity contribution in [3.05, 3.63) is 71.8 Å². The standard InChI is InChI=1S/C25H26N2O4S/c1-16(28)26-21(22(29)13-12-17-8-4-2-5-9-17)15-32-25-19(18-10-6-3-7-11-18)14-20(25)23(30)27-24(25)31/h2-11,19-21H,12-15H2,1H3,(H,26,28)(H,27,30,31)/t19-,20-,21-,25+/m1/s1. The van der Waals surface area contributed by atoms with Gasteiger partial charge in [0.25, 0.3) is 0 Å². The predicted molar refractivity (Wildman–Crippen MR) is 123 cm³/mol. The average molecular weight is 451 g/mol. The molecule has 1 aliphatic heterocycles. The van der Waals surface area contributed by atoms with E-state index in [-0.39, 0.29) is 35.2 Å². The molecule has 1 saturated carbocycles. The number of thioether (sulfide) groups is 1. The molecule has 32 heavy (non-hydrogen) atoms. The smallest absolute Gasteiger partial charge is 0.244 e. The molecule has 1 aliphatic carbocycles. The Morgan fingerprint density at radius 1 is 1.06 bits per heavy atom. The summed E-state index contributed by atoms with van der Waals surface area (Å²) in [6.45, 7) is 1.38. The first-order valence-corrected chi connectivity index (χ1v) is 11.8. The first kappa shape index (κ1) is 22.3. The first-order valence-electron chi connectivity index (χ1n) is 10.8. The number of nitrogens with one attached hydrogen (secondary N) is 2. The molecule has 2 aromatic rings. The average Bonchev–Trinajstić information content (AvgIpc) is 2.95. The lowest BCUT2D eigenvalue weighted by molar-refractivity contribution is -0.126. The molecule has 7 heteroatoms. The van der Waals surface area contributed by atoms with Gasteiger partial charge in [-0.25, -0.2) is 0 Å². The molecule has 1 heterocycles. The first-order chi connectivity index (χ1) is 15.4. The Bertz CT molecular complexity index is 1030. The molecule has 4 atom stereocenters. The normalized spacial score (nSPS) is 24.8. The molecule has 4 rings (SSSR count). The van der Waals surface area contributed by atoms with E-state index < -0.39 is 16.7 Å². The van der Waals surface area contributed by atoms with Gasteiger partial charge in [0, 0.05) is 25.0 Å². The summed E-state index contributed by atoms with van der Waals surface area (Å²) in [5.74, 6) is -1.20. The van der Waals surface area contributed by atoms with Crippen LogP contribution in [0.2, 0.25) is 0 Å². The fraction of sp³-hybridized carbons (Fsp3) is 0.360. The minimum absolute atomic E-state index is 0.0789. The zero-order valence-corrected chi connectivity index (χ0v) is 18.7. The summed E-state index contributed by atoms with van der Waals surface area (Å²) in [4.78, 5) is 50.1. The molecule has 2 fully saturated rings. The minimum atomic E-state index is -0.936. The van der Waals surface area contributed by atoms with E-state index in [2.05, 4.69) is 10.6 Å². The SMILES string of the molecule is CC(=O)N[C@H](CS[C@]12C(=O)NC(=O)[C@H]1C[C@@H]2c1ccccc1)C(=O)CCc1ccccc1. The van der Waals surface area contributed by atoms with Crippen molar-refractivity contribution in [1.29, 1.82) is 0 Å². The molecule has 2 N–H and O–H groups in total. The molecular weight excluding hydrogens is 424 g/mol. The Kier molecular flexibility index (Phi) is 6.46. The molecule has 6 nitrogen and oxygen atoms in total. The number of amides is 3. The Morgan fingerprint density at radius 2 is 1.72 bits per heavy atom. The van der Waals surface area contributed by atoms with Gasteiger partial charge >= 0.3 is 0 Å². The van der Waals surface area contributed by atoms with Crippen LogP contribution in [0.1, 0.15) is 36.8 Å². The third-order valence-corrected chi connectivity index (χ3v) is 8.11. The van der Waals surface area contributed by atoms with Gasteiger partial charge in [-0.05, 0) is 24.0 Å². The molecule has 2 aromatic carbocycles. The number of Topliss-reactive ketones (excluding diaryl/α,β-unsaturated/α-hetero) is 1. The highest BCUT2D eigenvalue weighted by Crippen LogP contribution is 2.60. The third kappa shape index (κ3) is 4.21. The van der Waals surface area contributed by atoms with E-state index in [1.165, 1.54) is 18.7 Å². The highest BCUT2D eigenvalue weighted by atomic mass is 32.2. The fourth-order valence-electron chi connectivity index (χ4n) is 4.69. The molecule has 1 saturated heterocycles. The molecule has 0 unspecified atom stereocenters. The summed E-state index contributed by atoms with van der Waals surface area (Å²) < 4.78 is -0.936. The minimum Gasteiger partial charge on any atom is -0.346 e. The molecule has 3 amide bonds. The summed E-state index contributed by atoms with van der Waals surface area (Å²) in [5.41, 5.74) is 2.06. The van der Waals surface area contributed by atoms with Crippen LogP contribution < -0.4 is 10.6 Å². The van der Waals surface area contributed by atoms with Crippen LogP contribution in [0.25, 0.3) is 0 Å². The van der Waals surface area contributed by atoms with Gasteiger partial charge in [-0.3, -0.25) is 24.5 Å². The zero-order valence-electron chi connectivity index (χ0n) is 17.9. The van der Waals surface area contributed by atoms with Gasteiger partial charge in [0.1, 0.15) is 4.75 Å². The second kappa shape index (κ2) is 9.28. The van der Waals surface area contributed by atoms with E-state index >= 15 is 0 Å². The van der Waals surface area contributed by atoms with Crippen LogP contribution in [0.5, 0.6) is 0 Å². The van der Waals surface area contributed by atoms with Gasteiger partial charge in [-0.1, -0.05) is 60.7 Å². The number of hydrogen-bond donors (Lipinski definition) is 2. The monoisotopic (exact) mass is 450 g/mol. The lowest BCUT2D eigenvalue weighted by Crippen LogP contribution is -2.55. The lowest BCUT2D eigenvalue weighted by atomic mass is 9.62. The Labute approximate surface area is 191 Å². The number of fused-ring (bicyclic) bond motifs is 1. The van der Waals surface area contributed by atoms with Crippen molar-refractivity contribution in [2.45, 2.75) is 42.9 Å². The van der Waals surface area contributed by atoms with Gasteiger partial charge in [0.15, 0.2) is 5.78 Å². The highest BCUT2D eigenvalue weighted by molar-refractivity contribution is 8.01. The maximum atomic E-state index is 13.0. The van der Waals surface area contributed by atoms with Crippen molar-refractivity contribution in [2.75, 3.05) is 5.75 Å². The van der Waals surface area contributed by atoms with Crippen molar-refractivity contribution in [3.63, 3.8) is 0 Å². The number of carbonyl (C=O) groups is 4. The van der Waals surface area contributed by atoms with Crippen molar-refractivity contribution in [3.8, 4) is 0 Å². The topological polar surface area (TPSA) is 92.3 Å². The zero-order chi connectivity index (χ0) is 22.7. The summed E-state index contributed by atoms with van der Waals surface area (Å²) in [6, 6.07) is 18.7. The van der Waals surface area contributed by atoms with Crippen molar-refractivity contribution >= 4 is 35.3 Å². The van der Waals surface area contributed by atoms with Crippen LogP contribution in [-0.2, 0) is 25.6 Å². The number of benzene rings is 2. The second-order valence-electron chi connectivity index (χ2n) is 8.38. The van der Waals surface area contributed by atoms with Crippen molar-refractivity contribution < 1.29 is 19.2 Å². The van der Waals surface area contributed by atoms with Crippen LogP contribution in [-0.4, -0.2) is 40.0 Å². The van der Waals surface area contributed by atoms with E-state index in [9.17, 15) is 19.2 Å². The molecule has 2 aliphatic rings. The number of rotatable bonds is 9. The quantitative estimate of drug-likeness (QED) is 0.573. The van der Waals surface area contributed by atoms with Crippen LogP contribution in [0, 0.1) is 5.92 Å². The van der Waals surface area contributed by atoms with Crippen LogP contribution in [0.15, 0.2) is 60.7 Å². The van der Waals surface area contributed by atoms with Gasteiger partial charge in [-0.15, -0.1) is 11.8 Å². The molecule has 0 radical (unpaired) electrons. The maximum Gasteiger partial charge on any atom is 0.244 e.